The van der Waals surface area contributed by atoms with E-state index in [0.717, 1.165) is 17.7 Å². The molecule has 1 aliphatic carbocycles. The number of hydrogen-bond acceptors (Lipinski definition) is 2. The lowest BCUT2D eigenvalue weighted by Gasteiger charge is -2.13. The van der Waals surface area contributed by atoms with Gasteiger partial charge in [-0.1, -0.05) is 17.7 Å². The van der Waals surface area contributed by atoms with Crippen molar-refractivity contribution in [3.63, 3.8) is 0 Å². The van der Waals surface area contributed by atoms with Gasteiger partial charge in [-0.25, -0.2) is 4.79 Å². The Kier molecular flexibility index (Phi) is 5.23. The van der Waals surface area contributed by atoms with Crippen LogP contribution in [0.2, 0.25) is 5.02 Å². The summed E-state index contributed by atoms with van der Waals surface area (Å²) >= 11 is 7.94. The molecular formula is C18H21ClN2OS. The number of amides is 2. The molecule has 0 unspecified atom stereocenters. The Hall–Kier alpha value is -1.52. The molecule has 0 bridgehead atoms. The summed E-state index contributed by atoms with van der Waals surface area (Å²) in [6.45, 7) is 2.55. The highest BCUT2D eigenvalue weighted by Gasteiger charge is 2.15. The van der Waals surface area contributed by atoms with Gasteiger partial charge in [-0.15, -0.1) is 11.3 Å². The Labute approximate surface area is 146 Å². The van der Waals surface area contributed by atoms with E-state index in [1.807, 2.05) is 36.5 Å². The number of rotatable bonds is 4. The molecule has 2 N–H and O–H groups in total. The number of benzene rings is 1. The number of aryl methyl sites for hydroxylation is 1. The maximum atomic E-state index is 12.0. The minimum absolute atomic E-state index is 0.181. The summed E-state index contributed by atoms with van der Waals surface area (Å²) in [4.78, 5) is 13.6. The largest absolute Gasteiger partial charge is 0.338 e. The number of fused-ring (bicyclic) bond motifs is 1. The van der Waals surface area contributed by atoms with Crippen LogP contribution in [0, 0.1) is 6.92 Å². The minimum Gasteiger partial charge on any atom is -0.338 e. The smallest absolute Gasteiger partial charge is 0.319 e. The van der Waals surface area contributed by atoms with Crippen molar-refractivity contribution in [3.8, 4) is 0 Å². The Morgan fingerprint density at radius 2 is 2.13 bits per heavy atom. The van der Waals surface area contributed by atoms with Gasteiger partial charge in [0.1, 0.15) is 0 Å². The summed E-state index contributed by atoms with van der Waals surface area (Å²) in [5, 5.41) is 8.72. The van der Waals surface area contributed by atoms with Gasteiger partial charge in [0, 0.05) is 22.1 Å². The number of anilines is 1. The van der Waals surface area contributed by atoms with Crippen molar-refractivity contribution in [2.45, 2.75) is 39.0 Å². The van der Waals surface area contributed by atoms with E-state index in [-0.39, 0.29) is 6.03 Å². The summed E-state index contributed by atoms with van der Waals surface area (Å²) in [5.74, 6) is 0. The number of halogens is 1. The van der Waals surface area contributed by atoms with E-state index >= 15 is 0 Å². The van der Waals surface area contributed by atoms with E-state index in [2.05, 4.69) is 16.0 Å². The highest BCUT2D eigenvalue weighted by molar-refractivity contribution is 7.10. The molecule has 2 aromatic rings. The van der Waals surface area contributed by atoms with E-state index in [1.54, 1.807) is 4.88 Å². The third-order valence-corrected chi connectivity index (χ3v) is 5.89. The molecule has 3 nitrogen and oxygen atoms in total. The number of hydrogen-bond donors (Lipinski definition) is 2. The molecule has 0 spiro atoms. The zero-order valence-corrected chi connectivity index (χ0v) is 14.8. The third kappa shape index (κ3) is 3.88. The van der Waals surface area contributed by atoms with E-state index in [4.69, 9.17) is 11.6 Å². The van der Waals surface area contributed by atoms with Gasteiger partial charge in [0.05, 0.1) is 0 Å². The fourth-order valence-corrected chi connectivity index (χ4v) is 4.35. The predicted molar refractivity (Wildman–Crippen MR) is 97.9 cm³/mol. The fraction of sp³-hybridized carbons (Fsp3) is 0.389. The van der Waals surface area contributed by atoms with Crippen molar-refractivity contribution in [2.75, 3.05) is 11.9 Å². The Bertz CT molecular complexity index is 711. The van der Waals surface area contributed by atoms with E-state index in [0.29, 0.717) is 11.6 Å². The molecule has 1 aromatic heterocycles. The van der Waals surface area contributed by atoms with E-state index < -0.39 is 0 Å². The fourth-order valence-electron chi connectivity index (χ4n) is 2.99. The van der Waals surface area contributed by atoms with Gasteiger partial charge >= 0.3 is 6.03 Å². The highest BCUT2D eigenvalue weighted by Crippen LogP contribution is 2.30. The van der Waals surface area contributed by atoms with Crippen LogP contribution in [0.15, 0.2) is 23.6 Å². The number of carbonyl (C=O) groups excluding carboxylic acids is 1. The van der Waals surface area contributed by atoms with Crippen molar-refractivity contribution < 1.29 is 4.79 Å². The molecule has 0 atom stereocenters. The molecule has 0 fully saturated rings. The Morgan fingerprint density at radius 1 is 1.30 bits per heavy atom. The second-order valence-corrected chi connectivity index (χ2v) is 7.28. The lowest BCUT2D eigenvalue weighted by Crippen LogP contribution is -2.30. The molecule has 1 aliphatic rings. The maximum Gasteiger partial charge on any atom is 0.319 e. The van der Waals surface area contributed by atoms with Crippen LogP contribution in [-0.4, -0.2) is 12.6 Å². The van der Waals surface area contributed by atoms with Crippen LogP contribution in [0.3, 0.4) is 0 Å². The molecule has 1 aromatic carbocycles. The molecule has 0 saturated carbocycles. The molecule has 5 heteroatoms. The summed E-state index contributed by atoms with van der Waals surface area (Å²) in [6.07, 6.45) is 5.92. The Balaban J connectivity index is 1.52. The van der Waals surface area contributed by atoms with Gasteiger partial charge < -0.3 is 10.6 Å². The molecule has 23 heavy (non-hydrogen) atoms. The SMILES string of the molecule is Cc1c(Cl)cccc1NC(=O)NCCc1csc2c1CCCC2. The molecular weight excluding hydrogens is 328 g/mol. The maximum absolute atomic E-state index is 12.0. The average molecular weight is 349 g/mol. The molecule has 0 radical (unpaired) electrons. The molecule has 1 heterocycles. The van der Waals surface area contributed by atoms with Gasteiger partial charge in [-0.05, 0) is 73.2 Å². The van der Waals surface area contributed by atoms with Crippen molar-refractivity contribution >= 4 is 34.7 Å². The van der Waals surface area contributed by atoms with Crippen LogP contribution in [-0.2, 0) is 19.3 Å². The van der Waals surface area contributed by atoms with Crippen LogP contribution in [0.5, 0.6) is 0 Å². The first-order chi connectivity index (χ1) is 11.1. The highest BCUT2D eigenvalue weighted by atomic mass is 35.5. The van der Waals surface area contributed by atoms with Crippen LogP contribution in [0.1, 0.15) is 34.4 Å². The monoisotopic (exact) mass is 348 g/mol. The summed E-state index contributed by atoms with van der Waals surface area (Å²) < 4.78 is 0. The molecule has 3 rings (SSSR count). The number of urea groups is 1. The molecule has 0 saturated heterocycles. The summed E-state index contributed by atoms with van der Waals surface area (Å²) in [7, 11) is 0. The van der Waals surface area contributed by atoms with Crippen LogP contribution in [0.4, 0.5) is 10.5 Å². The zero-order valence-electron chi connectivity index (χ0n) is 13.2. The van der Waals surface area contributed by atoms with Crippen molar-refractivity contribution in [2.24, 2.45) is 0 Å². The first-order valence-electron chi connectivity index (χ1n) is 8.03. The lowest BCUT2D eigenvalue weighted by atomic mass is 9.95. The topological polar surface area (TPSA) is 41.1 Å². The standard InChI is InChI=1S/C18H21ClN2OS/c1-12-15(19)6-4-7-16(12)21-18(22)20-10-9-13-11-23-17-8-3-2-5-14(13)17/h4,6-7,11H,2-3,5,8-10H2,1H3,(H2,20,21,22). The minimum atomic E-state index is -0.181. The second-order valence-electron chi connectivity index (χ2n) is 5.91. The summed E-state index contributed by atoms with van der Waals surface area (Å²) in [6, 6.07) is 5.33. The molecule has 0 aliphatic heterocycles. The first-order valence-corrected chi connectivity index (χ1v) is 9.29. The quantitative estimate of drug-likeness (QED) is 0.806. The number of nitrogens with one attached hydrogen (secondary N) is 2. The second kappa shape index (κ2) is 7.37. The average Bonchev–Trinajstić information content (AvgIpc) is 2.95. The van der Waals surface area contributed by atoms with Crippen molar-refractivity contribution in [3.05, 3.63) is 50.2 Å². The van der Waals surface area contributed by atoms with Crippen molar-refractivity contribution in [1.29, 1.82) is 0 Å². The first kappa shape index (κ1) is 16.3. The number of thiophene rings is 1. The normalized spacial score (nSPS) is 13.5. The van der Waals surface area contributed by atoms with Crippen LogP contribution >= 0.6 is 22.9 Å². The Morgan fingerprint density at radius 3 is 3.00 bits per heavy atom. The van der Waals surface area contributed by atoms with Crippen molar-refractivity contribution in [1.82, 2.24) is 5.32 Å². The van der Waals surface area contributed by atoms with Gasteiger partial charge in [-0.2, -0.15) is 0 Å². The van der Waals surface area contributed by atoms with Gasteiger partial charge in [-0.3, -0.25) is 0 Å². The zero-order chi connectivity index (χ0) is 16.2. The summed E-state index contributed by atoms with van der Waals surface area (Å²) in [5.41, 5.74) is 4.58. The van der Waals surface area contributed by atoms with Crippen LogP contribution < -0.4 is 10.6 Å². The molecule has 2 amide bonds. The van der Waals surface area contributed by atoms with Crippen LogP contribution in [0.25, 0.3) is 0 Å². The van der Waals surface area contributed by atoms with Gasteiger partial charge in [0.25, 0.3) is 0 Å². The predicted octanol–water partition coefficient (Wildman–Crippen LogP) is 4.95. The van der Waals surface area contributed by atoms with E-state index in [1.165, 1.54) is 36.8 Å². The number of carbonyl (C=O) groups is 1. The molecule has 122 valence electrons. The van der Waals surface area contributed by atoms with Gasteiger partial charge in [0.15, 0.2) is 0 Å². The van der Waals surface area contributed by atoms with Gasteiger partial charge in [0.2, 0.25) is 0 Å². The van der Waals surface area contributed by atoms with E-state index in [9.17, 15) is 4.79 Å². The third-order valence-electron chi connectivity index (χ3n) is 4.34. The lowest BCUT2D eigenvalue weighted by molar-refractivity contribution is 0.252.